The Balaban J connectivity index is 2.62. The molecule has 1 aliphatic heterocycles. The summed E-state index contributed by atoms with van der Waals surface area (Å²) in [5.41, 5.74) is -0.505. The van der Waals surface area contributed by atoms with E-state index in [9.17, 15) is 9.90 Å². The van der Waals surface area contributed by atoms with Crippen LogP contribution >= 0.6 is 0 Å². The van der Waals surface area contributed by atoms with Gasteiger partial charge < -0.3 is 9.84 Å². The lowest BCUT2D eigenvalue weighted by atomic mass is 9.80. The molecule has 0 bridgehead atoms. The van der Waals surface area contributed by atoms with Crippen molar-refractivity contribution in [1.82, 2.24) is 5.06 Å². The largest absolute Gasteiger partial charge is 0.469 e. The van der Waals surface area contributed by atoms with Gasteiger partial charge in [-0.25, -0.2) is 0 Å². The summed E-state index contributed by atoms with van der Waals surface area (Å²) in [7, 11) is 1.37. The molecule has 0 aromatic rings. The third-order valence-corrected chi connectivity index (χ3v) is 3.32. The Morgan fingerprint density at radius 2 is 1.78 bits per heavy atom. The number of aliphatic hydroxyl groups excluding tert-OH is 1. The first-order valence-electron chi connectivity index (χ1n) is 6.37. The predicted octanol–water partition coefficient (Wildman–Crippen LogP) is 1.49. The van der Waals surface area contributed by atoms with Crippen LogP contribution < -0.4 is 0 Å². The number of nitrogens with zero attached hydrogens (tertiary/aromatic N) is 1. The van der Waals surface area contributed by atoms with E-state index < -0.39 is 0 Å². The molecule has 18 heavy (non-hydrogen) atoms. The molecule has 1 fully saturated rings. The molecule has 0 aromatic heterocycles. The number of piperidine rings is 1. The number of hydroxylamine groups is 2. The van der Waals surface area contributed by atoms with Crippen LogP contribution in [0.2, 0.25) is 0 Å². The molecule has 1 heterocycles. The van der Waals surface area contributed by atoms with Gasteiger partial charge >= 0.3 is 5.97 Å². The van der Waals surface area contributed by atoms with Gasteiger partial charge in [0.25, 0.3) is 0 Å². The first-order valence-corrected chi connectivity index (χ1v) is 6.37. The lowest BCUT2D eigenvalue weighted by Gasteiger charge is -2.52. The van der Waals surface area contributed by atoms with Crippen molar-refractivity contribution in [2.24, 2.45) is 0 Å². The van der Waals surface area contributed by atoms with Crippen molar-refractivity contribution >= 4 is 5.97 Å². The molecule has 0 amide bonds. The summed E-state index contributed by atoms with van der Waals surface area (Å²) >= 11 is 0. The van der Waals surface area contributed by atoms with Crippen LogP contribution in [0.3, 0.4) is 0 Å². The summed E-state index contributed by atoms with van der Waals surface area (Å²) in [6.07, 6.45) is 1.25. The van der Waals surface area contributed by atoms with E-state index in [1.54, 1.807) is 0 Å². The first kappa shape index (κ1) is 15.4. The summed E-state index contributed by atoms with van der Waals surface area (Å²) in [5.74, 6) is -0.275. The molecule has 106 valence electrons. The molecule has 1 saturated heterocycles. The topological polar surface area (TPSA) is 59.0 Å². The van der Waals surface area contributed by atoms with Crippen molar-refractivity contribution in [2.75, 3.05) is 13.7 Å². The third-order valence-electron chi connectivity index (χ3n) is 3.32. The standard InChI is InChI=1S/C13H25NO4/c1-12(2)8-10(15)9-13(3,4)14(12)18-7-6-11(16)17-5/h10,15H,6-9H2,1-5H3. The van der Waals surface area contributed by atoms with Gasteiger partial charge in [0.15, 0.2) is 0 Å². The van der Waals surface area contributed by atoms with Gasteiger partial charge in [0.2, 0.25) is 0 Å². The summed E-state index contributed by atoms with van der Waals surface area (Å²) in [4.78, 5) is 16.8. The maximum Gasteiger partial charge on any atom is 0.307 e. The zero-order valence-electron chi connectivity index (χ0n) is 12.0. The van der Waals surface area contributed by atoms with E-state index in [0.717, 1.165) is 0 Å². The highest BCUT2D eigenvalue weighted by Gasteiger charge is 2.46. The Bertz CT molecular complexity index is 283. The fraction of sp³-hybridized carbons (Fsp3) is 0.923. The fourth-order valence-electron chi connectivity index (χ4n) is 2.88. The van der Waals surface area contributed by atoms with Gasteiger partial charge in [-0.2, -0.15) is 5.06 Å². The molecular weight excluding hydrogens is 234 g/mol. The molecule has 1 N–H and O–H groups in total. The van der Waals surface area contributed by atoms with Crippen molar-refractivity contribution < 1.29 is 19.5 Å². The van der Waals surface area contributed by atoms with Gasteiger partial charge in [0.1, 0.15) is 0 Å². The molecular formula is C13H25NO4. The Labute approximate surface area is 109 Å². The average molecular weight is 259 g/mol. The summed E-state index contributed by atoms with van der Waals surface area (Å²) < 4.78 is 4.58. The number of hydrogen-bond acceptors (Lipinski definition) is 5. The second-order valence-corrected chi connectivity index (χ2v) is 6.14. The Kier molecular flexibility index (Phi) is 4.75. The fourth-order valence-corrected chi connectivity index (χ4v) is 2.88. The number of carbonyl (C=O) groups is 1. The highest BCUT2D eigenvalue weighted by Crippen LogP contribution is 2.38. The summed E-state index contributed by atoms with van der Waals surface area (Å²) in [6, 6.07) is 0. The van der Waals surface area contributed by atoms with Crippen molar-refractivity contribution in [3.63, 3.8) is 0 Å². The van der Waals surface area contributed by atoms with Gasteiger partial charge in [-0.05, 0) is 40.5 Å². The van der Waals surface area contributed by atoms with E-state index in [-0.39, 0.29) is 29.6 Å². The number of carbonyl (C=O) groups excluding carboxylic acids is 1. The average Bonchev–Trinajstić information content (AvgIpc) is 2.19. The maximum absolute atomic E-state index is 11.1. The second-order valence-electron chi connectivity index (χ2n) is 6.14. The van der Waals surface area contributed by atoms with Crippen molar-refractivity contribution in [3.05, 3.63) is 0 Å². The Hall–Kier alpha value is -0.650. The quantitative estimate of drug-likeness (QED) is 0.775. The molecule has 0 spiro atoms. The zero-order valence-corrected chi connectivity index (χ0v) is 12.0. The molecule has 0 aromatic carbocycles. The molecule has 5 nitrogen and oxygen atoms in total. The van der Waals surface area contributed by atoms with Crippen LogP contribution in [-0.4, -0.2) is 47.0 Å². The predicted molar refractivity (Wildman–Crippen MR) is 67.8 cm³/mol. The van der Waals surface area contributed by atoms with Crippen molar-refractivity contribution in [2.45, 2.75) is 64.1 Å². The van der Waals surface area contributed by atoms with E-state index in [1.165, 1.54) is 7.11 Å². The van der Waals surface area contributed by atoms with Crippen LogP contribution in [-0.2, 0) is 14.4 Å². The van der Waals surface area contributed by atoms with Crippen LogP contribution in [0.5, 0.6) is 0 Å². The minimum atomic E-state index is -0.310. The van der Waals surface area contributed by atoms with Crippen LogP contribution in [0.25, 0.3) is 0 Å². The summed E-state index contributed by atoms with van der Waals surface area (Å²) in [5, 5.41) is 11.8. The molecule has 5 heteroatoms. The number of ether oxygens (including phenoxy) is 1. The zero-order chi connectivity index (χ0) is 14.0. The van der Waals surface area contributed by atoms with Crippen LogP contribution in [0.4, 0.5) is 0 Å². The molecule has 0 unspecified atom stereocenters. The number of esters is 1. The minimum absolute atomic E-state index is 0.238. The second kappa shape index (κ2) is 5.55. The normalized spacial score (nSPS) is 23.9. The first-order chi connectivity index (χ1) is 8.19. The maximum atomic E-state index is 11.1. The Morgan fingerprint density at radius 3 is 2.22 bits per heavy atom. The smallest absolute Gasteiger partial charge is 0.307 e. The van der Waals surface area contributed by atoms with Crippen LogP contribution in [0.1, 0.15) is 47.0 Å². The molecule has 0 atom stereocenters. The van der Waals surface area contributed by atoms with Crippen LogP contribution in [0.15, 0.2) is 0 Å². The van der Waals surface area contributed by atoms with Crippen molar-refractivity contribution in [3.8, 4) is 0 Å². The van der Waals surface area contributed by atoms with E-state index >= 15 is 0 Å². The van der Waals surface area contributed by atoms with E-state index in [0.29, 0.717) is 19.4 Å². The van der Waals surface area contributed by atoms with E-state index in [4.69, 9.17) is 4.84 Å². The number of aliphatic hydroxyl groups is 1. The molecule has 0 radical (unpaired) electrons. The number of rotatable bonds is 4. The number of hydrogen-bond donors (Lipinski definition) is 1. The van der Waals surface area contributed by atoms with Gasteiger partial charge in [0, 0.05) is 11.1 Å². The molecule has 1 rings (SSSR count). The van der Waals surface area contributed by atoms with Gasteiger partial charge in [0.05, 0.1) is 26.2 Å². The summed E-state index contributed by atoms with van der Waals surface area (Å²) in [6.45, 7) is 8.45. The Morgan fingerprint density at radius 1 is 1.28 bits per heavy atom. The van der Waals surface area contributed by atoms with Gasteiger partial charge in [-0.1, -0.05) is 0 Å². The highest BCUT2D eigenvalue weighted by molar-refractivity contribution is 5.69. The SMILES string of the molecule is COC(=O)CCON1C(C)(C)CC(O)CC1(C)C. The number of methoxy groups -OCH3 is 1. The van der Waals surface area contributed by atoms with Gasteiger partial charge in [-0.15, -0.1) is 0 Å². The minimum Gasteiger partial charge on any atom is -0.469 e. The van der Waals surface area contributed by atoms with Crippen molar-refractivity contribution in [1.29, 1.82) is 0 Å². The highest BCUT2D eigenvalue weighted by atomic mass is 16.7. The van der Waals surface area contributed by atoms with Crippen LogP contribution in [0, 0.1) is 0 Å². The van der Waals surface area contributed by atoms with E-state index in [2.05, 4.69) is 4.74 Å². The molecule has 1 aliphatic rings. The van der Waals surface area contributed by atoms with E-state index in [1.807, 2.05) is 32.8 Å². The molecule has 0 saturated carbocycles. The van der Waals surface area contributed by atoms with Gasteiger partial charge in [-0.3, -0.25) is 9.63 Å². The lowest BCUT2D eigenvalue weighted by molar-refractivity contribution is -0.292. The third kappa shape index (κ3) is 3.67. The lowest BCUT2D eigenvalue weighted by Crippen LogP contribution is -2.61. The monoisotopic (exact) mass is 259 g/mol. The molecule has 0 aliphatic carbocycles.